The van der Waals surface area contributed by atoms with Gasteiger partial charge in [-0.3, -0.25) is 4.68 Å². The fourth-order valence-corrected chi connectivity index (χ4v) is 2.41. The highest BCUT2D eigenvalue weighted by Crippen LogP contribution is 2.29. The molecule has 0 aliphatic rings. The molecule has 0 amide bonds. The highest BCUT2D eigenvalue weighted by molar-refractivity contribution is 5.64. The number of benzene rings is 1. The quantitative estimate of drug-likeness (QED) is 0.916. The maximum atomic E-state index is 5.40. The van der Waals surface area contributed by atoms with Crippen molar-refractivity contribution in [2.45, 2.75) is 20.4 Å². The van der Waals surface area contributed by atoms with Gasteiger partial charge in [0.05, 0.1) is 18.5 Å². The van der Waals surface area contributed by atoms with Gasteiger partial charge in [0.2, 0.25) is 0 Å². The third kappa shape index (κ3) is 2.63. The van der Waals surface area contributed by atoms with Crippen molar-refractivity contribution < 1.29 is 4.74 Å². The van der Waals surface area contributed by atoms with Gasteiger partial charge in [0, 0.05) is 19.2 Å². The van der Waals surface area contributed by atoms with Gasteiger partial charge < -0.3 is 10.1 Å². The van der Waals surface area contributed by atoms with E-state index in [0.29, 0.717) is 0 Å². The average Bonchev–Trinajstić information content (AvgIpc) is 2.71. The zero-order valence-corrected chi connectivity index (χ0v) is 12.2. The van der Waals surface area contributed by atoms with Crippen LogP contribution in [0.25, 0.3) is 11.3 Å². The molecule has 1 heterocycles. The molecule has 0 unspecified atom stereocenters. The number of hydrogen-bond donors (Lipinski definition) is 1. The van der Waals surface area contributed by atoms with Gasteiger partial charge in [0.1, 0.15) is 5.75 Å². The van der Waals surface area contributed by atoms with Crippen LogP contribution in [-0.2, 0) is 13.6 Å². The first kappa shape index (κ1) is 13.6. The number of aromatic nitrogens is 2. The highest BCUT2D eigenvalue weighted by atomic mass is 16.5. The lowest BCUT2D eigenvalue weighted by Crippen LogP contribution is -2.09. The van der Waals surface area contributed by atoms with Crippen LogP contribution in [0.3, 0.4) is 0 Å². The number of rotatable bonds is 4. The third-order valence-corrected chi connectivity index (χ3v) is 3.29. The van der Waals surface area contributed by atoms with E-state index in [1.807, 2.05) is 18.8 Å². The van der Waals surface area contributed by atoms with Crippen molar-refractivity contribution >= 4 is 0 Å². The molecule has 0 saturated carbocycles. The van der Waals surface area contributed by atoms with Crippen LogP contribution in [0.4, 0.5) is 0 Å². The molecule has 0 aliphatic carbocycles. The Bertz CT molecular complexity index is 564. The van der Waals surface area contributed by atoms with E-state index in [4.69, 9.17) is 4.74 Å². The topological polar surface area (TPSA) is 39.1 Å². The van der Waals surface area contributed by atoms with Gasteiger partial charge in [-0.25, -0.2) is 0 Å². The monoisotopic (exact) mass is 259 g/mol. The van der Waals surface area contributed by atoms with E-state index in [-0.39, 0.29) is 0 Å². The Morgan fingerprint density at radius 3 is 2.37 bits per heavy atom. The number of nitrogens with one attached hydrogen (secondary N) is 1. The summed E-state index contributed by atoms with van der Waals surface area (Å²) >= 11 is 0. The highest BCUT2D eigenvalue weighted by Gasteiger charge is 2.10. The largest absolute Gasteiger partial charge is 0.496 e. The second kappa shape index (κ2) is 5.45. The molecule has 4 nitrogen and oxygen atoms in total. The molecule has 2 rings (SSSR count). The van der Waals surface area contributed by atoms with Crippen LogP contribution in [0.15, 0.2) is 18.2 Å². The number of aryl methyl sites for hydroxylation is 3. The Morgan fingerprint density at radius 1 is 1.21 bits per heavy atom. The number of hydrogen-bond acceptors (Lipinski definition) is 3. The van der Waals surface area contributed by atoms with Gasteiger partial charge in [-0.05, 0) is 50.2 Å². The molecular weight excluding hydrogens is 238 g/mol. The van der Waals surface area contributed by atoms with Gasteiger partial charge in [0.15, 0.2) is 0 Å². The Labute approximate surface area is 114 Å². The molecule has 1 aromatic carbocycles. The predicted octanol–water partition coefficient (Wildman–Crippen LogP) is 2.43. The molecule has 0 fully saturated rings. The van der Waals surface area contributed by atoms with E-state index in [1.54, 1.807) is 7.11 Å². The summed E-state index contributed by atoms with van der Waals surface area (Å²) < 4.78 is 7.32. The van der Waals surface area contributed by atoms with Crippen LogP contribution in [-0.4, -0.2) is 23.9 Å². The molecule has 0 bridgehead atoms. The number of ether oxygens (including phenoxy) is 1. The maximum Gasteiger partial charge on any atom is 0.124 e. The minimum absolute atomic E-state index is 0.817. The van der Waals surface area contributed by atoms with Crippen LogP contribution in [0.5, 0.6) is 5.75 Å². The summed E-state index contributed by atoms with van der Waals surface area (Å²) in [6, 6.07) is 6.37. The second-order valence-electron chi connectivity index (χ2n) is 4.82. The van der Waals surface area contributed by atoms with Crippen LogP contribution in [0, 0.1) is 13.8 Å². The van der Waals surface area contributed by atoms with E-state index in [1.165, 1.54) is 5.69 Å². The molecule has 4 heteroatoms. The van der Waals surface area contributed by atoms with Crippen molar-refractivity contribution in [2.24, 2.45) is 7.05 Å². The van der Waals surface area contributed by atoms with Crippen molar-refractivity contribution in [2.75, 3.05) is 14.2 Å². The van der Waals surface area contributed by atoms with Crippen molar-refractivity contribution in [3.8, 4) is 17.0 Å². The zero-order valence-electron chi connectivity index (χ0n) is 12.2. The smallest absolute Gasteiger partial charge is 0.124 e. The second-order valence-corrected chi connectivity index (χ2v) is 4.82. The normalized spacial score (nSPS) is 10.8. The summed E-state index contributed by atoms with van der Waals surface area (Å²) in [6.07, 6.45) is 0. The third-order valence-electron chi connectivity index (χ3n) is 3.29. The fraction of sp³-hybridized carbons (Fsp3) is 0.400. The van der Waals surface area contributed by atoms with Gasteiger partial charge >= 0.3 is 0 Å². The lowest BCUT2D eigenvalue weighted by Gasteiger charge is -2.10. The Balaban J connectivity index is 2.44. The Morgan fingerprint density at radius 2 is 1.84 bits per heavy atom. The molecule has 1 N–H and O–H groups in total. The van der Waals surface area contributed by atoms with E-state index >= 15 is 0 Å². The van der Waals surface area contributed by atoms with E-state index < -0.39 is 0 Å². The summed E-state index contributed by atoms with van der Waals surface area (Å²) in [4.78, 5) is 0. The van der Waals surface area contributed by atoms with E-state index in [9.17, 15) is 0 Å². The molecule has 102 valence electrons. The van der Waals surface area contributed by atoms with Crippen molar-refractivity contribution in [3.63, 3.8) is 0 Å². The molecule has 0 saturated heterocycles. The molecular formula is C15H21N3O. The summed E-state index contributed by atoms with van der Waals surface area (Å²) in [7, 11) is 5.62. The molecule has 0 spiro atoms. The van der Waals surface area contributed by atoms with Crippen molar-refractivity contribution in [3.05, 3.63) is 35.0 Å². The maximum absolute atomic E-state index is 5.40. The summed E-state index contributed by atoms with van der Waals surface area (Å²) in [5.41, 5.74) is 5.58. The van der Waals surface area contributed by atoms with Gasteiger partial charge in [-0.15, -0.1) is 0 Å². The minimum atomic E-state index is 0.817. The van der Waals surface area contributed by atoms with Crippen LogP contribution in [0.1, 0.15) is 16.8 Å². The Hall–Kier alpha value is -1.81. The standard InChI is InChI=1S/C15H21N3O/c1-10-6-12(7-11(2)15(10)19-5)14-8-13(9-16-3)18(4)17-14/h6-8,16H,9H2,1-5H3. The zero-order chi connectivity index (χ0) is 14.0. The van der Waals surface area contributed by atoms with Crippen LogP contribution < -0.4 is 10.1 Å². The molecule has 0 radical (unpaired) electrons. The van der Waals surface area contributed by atoms with E-state index in [2.05, 4.69) is 42.5 Å². The fourth-order valence-electron chi connectivity index (χ4n) is 2.41. The van der Waals surface area contributed by atoms with Crippen molar-refractivity contribution in [1.82, 2.24) is 15.1 Å². The number of nitrogens with zero attached hydrogens (tertiary/aromatic N) is 2. The first-order chi connectivity index (χ1) is 9.06. The molecule has 1 aromatic heterocycles. The van der Waals surface area contributed by atoms with Crippen molar-refractivity contribution in [1.29, 1.82) is 0 Å². The summed E-state index contributed by atoms with van der Waals surface area (Å²) in [5.74, 6) is 0.954. The SMILES string of the molecule is CNCc1cc(-c2cc(C)c(OC)c(C)c2)nn1C. The summed E-state index contributed by atoms with van der Waals surface area (Å²) in [5, 5.41) is 7.72. The van der Waals surface area contributed by atoms with Crippen LogP contribution >= 0.6 is 0 Å². The minimum Gasteiger partial charge on any atom is -0.496 e. The first-order valence-electron chi connectivity index (χ1n) is 6.40. The number of methoxy groups -OCH3 is 1. The lowest BCUT2D eigenvalue weighted by molar-refractivity contribution is 0.408. The first-order valence-corrected chi connectivity index (χ1v) is 6.40. The van der Waals surface area contributed by atoms with Gasteiger partial charge in [-0.1, -0.05) is 0 Å². The molecule has 0 aliphatic heterocycles. The van der Waals surface area contributed by atoms with Gasteiger partial charge in [-0.2, -0.15) is 5.10 Å². The summed E-state index contributed by atoms with van der Waals surface area (Å²) in [6.45, 7) is 4.94. The van der Waals surface area contributed by atoms with Crippen LogP contribution in [0.2, 0.25) is 0 Å². The lowest BCUT2D eigenvalue weighted by atomic mass is 10.0. The van der Waals surface area contributed by atoms with E-state index in [0.717, 1.165) is 34.7 Å². The average molecular weight is 259 g/mol. The predicted molar refractivity (Wildman–Crippen MR) is 77.4 cm³/mol. The molecule has 0 atom stereocenters. The Kier molecular flexibility index (Phi) is 3.90. The van der Waals surface area contributed by atoms with Gasteiger partial charge in [0.25, 0.3) is 0 Å². The molecule has 19 heavy (non-hydrogen) atoms. The molecule has 2 aromatic rings.